The third kappa shape index (κ3) is 5.39. The zero-order valence-electron chi connectivity index (χ0n) is 18.0. The van der Waals surface area contributed by atoms with Crippen molar-refractivity contribution in [3.8, 4) is 11.5 Å². The summed E-state index contributed by atoms with van der Waals surface area (Å²) < 4.78 is 63.9. The van der Waals surface area contributed by atoms with Crippen LogP contribution in [0.5, 0.6) is 11.5 Å². The second-order valence-corrected chi connectivity index (χ2v) is 12.2. The number of rotatable bonds is 8. The van der Waals surface area contributed by atoms with Gasteiger partial charge >= 0.3 is 0 Å². The second kappa shape index (κ2) is 9.58. The lowest BCUT2D eigenvalue weighted by Crippen LogP contribution is -2.42. The number of sulfone groups is 1. The molecular weight excluding hydrogens is 438 g/mol. The summed E-state index contributed by atoms with van der Waals surface area (Å²) in [5, 5.41) is -0.612. The average molecular weight is 468 g/mol. The summed E-state index contributed by atoms with van der Waals surface area (Å²) in [7, 11) is -5.70. The van der Waals surface area contributed by atoms with Crippen LogP contribution in [-0.4, -0.2) is 53.2 Å². The summed E-state index contributed by atoms with van der Waals surface area (Å²) in [6, 6.07) is 12.6. The average Bonchev–Trinajstić information content (AvgIpc) is 2.78. The Balaban J connectivity index is 1.66. The zero-order chi connectivity index (χ0) is 22.6. The second-order valence-electron chi connectivity index (χ2n) is 8.00. The fourth-order valence-electron chi connectivity index (χ4n) is 3.46. The number of nitrogens with zero attached hydrogens (tertiary/aromatic N) is 1. The van der Waals surface area contributed by atoms with Crippen molar-refractivity contribution in [2.45, 2.75) is 41.7 Å². The number of sulfonamides is 1. The molecule has 1 heterocycles. The van der Waals surface area contributed by atoms with E-state index >= 15 is 0 Å². The largest absolute Gasteiger partial charge is 0.497 e. The number of hydrogen-bond donors (Lipinski definition) is 0. The van der Waals surface area contributed by atoms with Gasteiger partial charge in [0.15, 0.2) is 9.84 Å². The third-order valence-corrected chi connectivity index (χ3v) is 9.46. The van der Waals surface area contributed by atoms with Crippen molar-refractivity contribution in [1.29, 1.82) is 0 Å². The lowest BCUT2D eigenvalue weighted by atomic mass is 10.2. The summed E-state index contributed by atoms with van der Waals surface area (Å²) in [5.74, 6) is 1.58. The van der Waals surface area contributed by atoms with Gasteiger partial charge < -0.3 is 9.47 Å². The fraction of sp³-hybridized carbons (Fsp3) is 0.455. The van der Waals surface area contributed by atoms with E-state index in [2.05, 4.69) is 0 Å². The highest BCUT2D eigenvalue weighted by molar-refractivity contribution is 7.92. The molecule has 0 unspecified atom stereocenters. The first-order valence-corrected chi connectivity index (χ1v) is 13.2. The van der Waals surface area contributed by atoms with Gasteiger partial charge in [-0.1, -0.05) is 13.8 Å². The smallest absolute Gasteiger partial charge is 0.243 e. The Morgan fingerprint density at radius 1 is 0.871 bits per heavy atom. The van der Waals surface area contributed by atoms with Gasteiger partial charge in [-0.2, -0.15) is 4.31 Å². The van der Waals surface area contributed by atoms with Crippen LogP contribution in [0.3, 0.4) is 0 Å². The van der Waals surface area contributed by atoms with Crippen LogP contribution in [0.25, 0.3) is 0 Å². The Morgan fingerprint density at radius 3 is 1.90 bits per heavy atom. The molecule has 0 bridgehead atoms. The van der Waals surface area contributed by atoms with Crippen LogP contribution in [0.4, 0.5) is 0 Å². The Morgan fingerprint density at radius 2 is 1.39 bits per heavy atom. The van der Waals surface area contributed by atoms with Gasteiger partial charge in [0.1, 0.15) is 11.5 Å². The van der Waals surface area contributed by atoms with Crippen LogP contribution in [0, 0.1) is 5.92 Å². The predicted molar refractivity (Wildman–Crippen MR) is 119 cm³/mol. The Hall–Kier alpha value is -2.10. The molecule has 7 nitrogen and oxygen atoms in total. The SMILES string of the molecule is COc1ccc(S(=O)(=O)C2CCN(S(=O)(=O)c3ccc(OCC(C)C)cc3)CC2)cc1. The summed E-state index contributed by atoms with van der Waals surface area (Å²) in [6.45, 7) is 4.96. The van der Waals surface area contributed by atoms with Crippen LogP contribution in [0.15, 0.2) is 58.3 Å². The van der Waals surface area contributed by atoms with Gasteiger partial charge in [0.05, 0.1) is 28.8 Å². The molecule has 1 fully saturated rings. The van der Waals surface area contributed by atoms with Gasteiger partial charge in [-0.3, -0.25) is 0 Å². The molecule has 2 aromatic carbocycles. The normalized spacial score (nSPS) is 16.4. The van der Waals surface area contributed by atoms with Crippen LogP contribution in [0.2, 0.25) is 0 Å². The highest BCUT2D eigenvalue weighted by atomic mass is 32.2. The minimum atomic E-state index is -3.69. The van der Waals surface area contributed by atoms with E-state index in [0.717, 1.165) is 0 Å². The van der Waals surface area contributed by atoms with Gasteiger partial charge in [-0.15, -0.1) is 0 Å². The first kappa shape index (κ1) is 23.6. The van der Waals surface area contributed by atoms with Gasteiger partial charge in [-0.25, -0.2) is 16.8 Å². The predicted octanol–water partition coefficient (Wildman–Crippen LogP) is 3.36. The standard InChI is InChI=1S/C22H29NO6S2/c1-17(2)16-29-19-6-10-22(11-7-19)31(26,27)23-14-12-21(13-15-23)30(24,25)20-8-4-18(28-3)5-9-20/h4-11,17,21H,12-16H2,1-3H3. The number of methoxy groups -OCH3 is 1. The topological polar surface area (TPSA) is 90.0 Å². The molecule has 1 aliphatic heterocycles. The van der Waals surface area contributed by atoms with E-state index < -0.39 is 25.1 Å². The molecule has 0 N–H and O–H groups in total. The van der Waals surface area contributed by atoms with Crippen molar-refractivity contribution in [2.24, 2.45) is 5.92 Å². The van der Waals surface area contributed by atoms with Gasteiger partial charge in [-0.05, 0) is 67.3 Å². The van der Waals surface area contributed by atoms with Crippen molar-refractivity contribution in [1.82, 2.24) is 4.31 Å². The van der Waals surface area contributed by atoms with Crippen LogP contribution >= 0.6 is 0 Å². The van der Waals surface area contributed by atoms with Crippen LogP contribution in [0.1, 0.15) is 26.7 Å². The van der Waals surface area contributed by atoms with E-state index in [1.54, 1.807) is 24.3 Å². The maximum absolute atomic E-state index is 13.0. The minimum Gasteiger partial charge on any atom is -0.497 e. The van der Waals surface area contributed by atoms with Crippen LogP contribution in [-0.2, 0) is 19.9 Å². The van der Waals surface area contributed by atoms with E-state index in [9.17, 15) is 16.8 Å². The molecule has 170 valence electrons. The highest BCUT2D eigenvalue weighted by Gasteiger charge is 2.35. The first-order valence-electron chi connectivity index (χ1n) is 10.3. The lowest BCUT2D eigenvalue weighted by Gasteiger charge is -2.31. The molecule has 1 aliphatic rings. The van der Waals surface area contributed by atoms with Crippen molar-refractivity contribution in [2.75, 3.05) is 26.8 Å². The molecule has 0 saturated carbocycles. The highest BCUT2D eigenvalue weighted by Crippen LogP contribution is 2.29. The quantitative estimate of drug-likeness (QED) is 0.591. The van der Waals surface area contributed by atoms with Crippen molar-refractivity contribution in [3.63, 3.8) is 0 Å². The molecule has 31 heavy (non-hydrogen) atoms. The van der Waals surface area contributed by atoms with E-state index in [4.69, 9.17) is 9.47 Å². The Labute approximate surface area is 185 Å². The van der Waals surface area contributed by atoms with Crippen molar-refractivity contribution >= 4 is 19.9 Å². The number of hydrogen-bond acceptors (Lipinski definition) is 6. The van der Waals surface area contributed by atoms with Gasteiger partial charge in [0, 0.05) is 13.1 Å². The van der Waals surface area contributed by atoms with E-state index in [-0.39, 0.29) is 35.7 Å². The van der Waals surface area contributed by atoms with Gasteiger partial charge in [0.2, 0.25) is 10.0 Å². The van der Waals surface area contributed by atoms with E-state index in [0.29, 0.717) is 24.0 Å². The molecule has 0 amide bonds. The summed E-state index contributed by atoms with van der Waals surface area (Å²) in [5.41, 5.74) is 0. The van der Waals surface area contributed by atoms with Crippen molar-refractivity contribution < 1.29 is 26.3 Å². The lowest BCUT2D eigenvalue weighted by molar-refractivity contribution is 0.271. The fourth-order valence-corrected chi connectivity index (χ4v) is 6.66. The molecule has 3 rings (SSSR count). The van der Waals surface area contributed by atoms with Gasteiger partial charge in [0.25, 0.3) is 0 Å². The number of piperidine rings is 1. The molecule has 1 saturated heterocycles. The molecule has 0 spiro atoms. The Bertz CT molecular complexity index is 1070. The summed E-state index contributed by atoms with van der Waals surface area (Å²) in [4.78, 5) is 0.410. The molecule has 9 heteroatoms. The molecular formula is C22H29NO6S2. The monoisotopic (exact) mass is 467 g/mol. The Kier molecular flexibility index (Phi) is 7.28. The maximum atomic E-state index is 13.0. The maximum Gasteiger partial charge on any atom is 0.243 e. The summed E-state index contributed by atoms with van der Waals surface area (Å²) >= 11 is 0. The first-order chi connectivity index (χ1) is 14.6. The molecule has 0 aromatic heterocycles. The minimum absolute atomic E-state index is 0.161. The van der Waals surface area contributed by atoms with Crippen molar-refractivity contribution in [3.05, 3.63) is 48.5 Å². The third-order valence-electron chi connectivity index (χ3n) is 5.27. The number of benzene rings is 2. The molecule has 0 radical (unpaired) electrons. The van der Waals surface area contributed by atoms with E-state index in [1.807, 2.05) is 13.8 Å². The molecule has 0 aliphatic carbocycles. The van der Waals surface area contributed by atoms with Crippen LogP contribution < -0.4 is 9.47 Å². The molecule has 2 aromatic rings. The number of ether oxygens (including phenoxy) is 2. The summed E-state index contributed by atoms with van der Waals surface area (Å²) in [6.07, 6.45) is 0.506. The zero-order valence-corrected chi connectivity index (χ0v) is 19.7. The molecule has 0 atom stereocenters. The van der Waals surface area contributed by atoms with E-state index in [1.165, 1.54) is 35.7 Å².